The van der Waals surface area contributed by atoms with Crippen LogP contribution in [0.1, 0.15) is 17.3 Å². The van der Waals surface area contributed by atoms with Crippen molar-refractivity contribution in [3.05, 3.63) is 40.7 Å². The lowest BCUT2D eigenvalue weighted by atomic mass is 10.1. The Labute approximate surface area is 103 Å². The van der Waals surface area contributed by atoms with Crippen LogP contribution in [0.4, 0.5) is 4.39 Å². The number of benzene rings is 1. The molecule has 0 aliphatic rings. The van der Waals surface area contributed by atoms with Crippen LogP contribution in [0.2, 0.25) is 0 Å². The minimum absolute atomic E-state index is 0.133. The molecule has 5 heteroatoms. The van der Waals surface area contributed by atoms with Gasteiger partial charge < -0.3 is 10.8 Å². The second-order valence-electron chi connectivity index (χ2n) is 3.83. The Hall–Kier alpha value is -1.30. The Kier molecular flexibility index (Phi) is 3.51. The first kappa shape index (κ1) is 12.2. The van der Waals surface area contributed by atoms with Gasteiger partial charge in [-0.1, -0.05) is 0 Å². The van der Waals surface area contributed by atoms with Gasteiger partial charge in [0.1, 0.15) is 10.8 Å². The fraction of sp³-hybridized carbons (Fsp3) is 0.250. The number of halogens is 1. The van der Waals surface area contributed by atoms with Gasteiger partial charge in [-0.25, -0.2) is 9.37 Å². The van der Waals surface area contributed by atoms with E-state index in [4.69, 9.17) is 10.8 Å². The summed E-state index contributed by atoms with van der Waals surface area (Å²) in [4.78, 5) is 4.33. The molecule has 1 heterocycles. The topological polar surface area (TPSA) is 59.1 Å². The molecule has 2 rings (SSSR count). The summed E-state index contributed by atoms with van der Waals surface area (Å²) in [5.41, 5.74) is 7.79. The van der Waals surface area contributed by atoms with Crippen LogP contribution in [0.25, 0.3) is 10.6 Å². The van der Waals surface area contributed by atoms with Gasteiger partial charge >= 0.3 is 0 Å². The molecule has 0 amide bonds. The molecule has 0 bridgehead atoms. The molecule has 0 aliphatic carbocycles. The number of aromatic nitrogens is 1. The molecule has 0 radical (unpaired) electrons. The predicted molar refractivity (Wildman–Crippen MR) is 66.3 cm³/mol. The summed E-state index contributed by atoms with van der Waals surface area (Å²) in [5.74, 6) is -0.224. The number of aliphatic hydroxyl groups excluding tert-OH is 1. The molecule has 1 atom stereocenters. The third kappa shape index (κ3) is 2.52. The Bertz CT molecular complexity index is 527. The largest absolute Gasteiger partial charge is 0.394 e. The average molecular weight is 252 g/mol. The van der Waals surface area contributed by atoms with Crippen molar-refractivity contribution in [2.45, 2.75) is 13.0 Å². The number of aryl methyl sites for hydroxylation is 1. The van der Waals surface area contributed by atoms with Crippen molar-refractivity contribution in [3.63, 3.8) is 0 Å². The van der Waals surface area contributed by atoms with Gasteiger partial charge in [0.05, 0.1) is 18.3 Å². The van der Waals surface area contributed by atoms with Crippen molar-refractivity contribution in [1.29, 1.82) is 0 Å². The molecule has 0 fully saturated rings. The molecule has 0 saturated carbocycles. The maximum atomic E-state index is 13.1. The van der Waals surface area contributed by atoms with Crippen molar-refractivity contribution in [3.8, 4) is 10.6 Å². The highest BCUT2D eigenvalue weighted by Crippen LogP contribution is 2.26. The van der Waals surface area contributed by atoms with Crippen LogP contribution in [-0.4, -0.2) is 16.7 Å². The number of hydrogen-bond donors (Lipinski definition) is 2. The second kappa shape index (κ2) is 4.91. The van der Waals surface area contributed by atoms with Crippen LogP contribution < -0.4 is 5.73 Å². The zero-order valence-electron chi connectivity index (χ0n) is 9.35. The van der Waals surface area contributed by atoms with E-state index in [2.05, 4.69) is 4.98 Å². The molecule has 0 saturated heterocycles. The molecular weight excluding hydrogens is 239 g/mol. The summed E-state index contributed by atoms with van der Waals surface area (Å²) in [6, 6.07) is 4.41. The lowest BCUT2D eigenvalue weighted by Gasteiger charge is -2.03. The average Bonchev–Trinajstić information content (AvgIpc) is 2.81. The van der Waals surface area contributed by atoms with Crippen LogP contribution in [0.3, 0.4) is 0 Å². The summed E-state index contributed by atoms with van der Waals surface area (Å²) in [6.45, 7) is 1.58. The fourth-order valence-electron chi connectivity index (χ4n) is 1.46. The van der Waals surface area contributed by atoms with Crippen molar-refractivity contribution < 1.29 is 9.50 Å². The number of aliphatic hydroxyl groups is 1. The predicted octanol–water partition coefficient (Wildman–Crippen LogP) is 2.25. The highest BCUT2D eigenvalue weighted by Gasteiger charge is 2.11. The molecule has 3 nitrogen and oxygen atoms in total. The number of thiazole rings is 1. The van der Waals surface area contributed by atoms with E-state index in [-0.39, 0.29) is 12.4 Å². The molecule has 1 aromatic heterocycles. The van der Waals surface area contributed by atoms with Crippen LogP contribution >= 0.6 is 11.3 Å². The van der Waals surface area contributed by atoms with Gasteiger partial charge in [-0.05, 0) is 30.7 Å². The quantitative estimate of drug-likeness (QED) is 0.880. The number of nitrogens with zero attached hydrogens (tertiary/aromatic N) is 1. The van der Waals surface area contributed by atoms with Crippen LogP contribution in [0, 0.1) is 12.7 Å². The molecule has 90 valence electrons. The van der Waals surface area contributed by atoms with E-state index in [1.165, 1.54) is 17.4 Å². The molecule has 1 aromatic carbocycles. The lowest BCUT2D eigenvalue weighted by Crippen LogP contribution is -2.14. The van der Waals surface area contributed by atoms with E-state index in [1.807, 2.05) is 5.38 Å². The summed E-state index contributed by atoms with van der Waals surface area (Å²) in [7, 11) is 0. The third-order valence-electron chi connectivity index (χ3n) is 2.50. The lowest BCUT2D eigenvalue weighted by molar-refractivity contribution is 0.266. The van der Waals surface area contributed by atoms with E-state index in [1.54, 1.807) is 19.1 Å². The molecule has 0 spiro atoms. The van der Waals surface area contributed by atoms with Gasteiger partial charge in [-0.15, -0.1) is 11.3 Å². The Morgan fingerprint density at radius 2 is 2.29 bits per heavy atom. The van der Waals surface area contributed by atoms with Gasteiger partial charge in [-0.3, -0.25) is 0 Å². The van der Waals surface area contributed by atoms with Gasteiger partial charge in [0.25, 0.3) is 0 Å². The van der Waals surface area contributed by atoms with E-state index in [0.29, 0.717) is 11.3 Å². The Morgan fingerprint density at radius 3 is 2.94 bits per heavy atom. The molecular formula is C12H13FN2OS. The van der Waals surface area contributed by atoms with Gasteiger partial charge in [0.15, 0.2) is 0 Å². The van der Waals surface area contributed by atoms with E-state index in [9.17, 15) is 4.39 Å². The van der Waals surface area contributed by atoms with E-state index >= 15 is 0 Å². The summed E-state index contributed by atoms with van der Waals surface area (Å²) >= 11 is 1.44. The number of rotatable bonds is 3. The van der Waals surface area contributed by atoms with Crippen LogP contribution in [-0.2, 0) is 0 Å². The molecule has 17 heavy (non-hydrogen) atoms. The minimum atomic E-state index is -0.457. The zero-order valence-corrected chi connectivity index (χ0v) is 10.2. The van der Waals surface area contributed by atoms with Crippen molar-refractivity contribution in [2.75, 3.05) is 6.61 Å². The normalized spacial score (nSPS) is 12.7. The Morgan fingerprint density at radius 1 is 1.53 bits per heavy atom. The van der Waals surface area contributed by atoms with Crippen LogP contribution in [0.15, 0.2) is 23.6 Å². The van der Waals surface area contributed by atoms with Gasteiger partial charge in [-0.2, -0.15) is 0 Å². The SMILES string of the molecule is Cc1cc(-c2nc(C(N)CO)cs2)ccc1F. The number of hydrogen-bond acceptors (Lipinski definition) is 4. The van der Waals surface area contributed by atoms with Gasteiger partial charge in [0, 0.05) is 10.9 Å². The first-order chi connectivity index (χ1) is 8.11. The van der Waals surface area contributed by atoms with Gasteiger partial charge in [0.2, 0.25) is 0 Å². The zero-order chi connectivity index (χ0) is 12.4. The third-order valence-corrected chi connectivity index (χ3v) is 3.41. The minimum Gasteiger partial charge on any atom is -0.394 e. The molecule has 3 N–H and O–H groups in total. The standard InChI is InChI=1S/C12H13FN2OS/c1-7-4-8(2-3-9(7)13)12-15-11(6-17-12)10(14)5-16/h2-4,6,10,16H,5,14H2,1H3. The maximum absolute atomic E-state index is 13.1. The van der Waals surface area contributed by atoms with Crippen LogP contribution in [0.5, 0.6) is 0 Å². The second-order valence-corrected chi connectivity index (χ2v) is 4.69. The number of nitrogens with two attached hydrogens (primary N) is 1. The monoisotopic (exact) mass is 252 g/mol. The summed E-state index contributed by atoms with van der Waals surface area (Å²) < 4.78 is 13.1. The molecule has 2 aromatic rings. The van der Waals surface area contributed by atoms with Crippen molar-refractivity contribution in [2.24, 2.45) is 5.73 Å². The fourth-order valence-corrected chi connectivity index (χ4v) is 2.34. The highest BCUT2D eigenvalue weighted by molar-refractivity contribution is 7.13. The van der Waals surface area contributed by atoms with Crippen molar-refractivity contribution >= 4 is 11.3 Å². The summed E-state index contributed by atoms with van der Waals surface area (Å²) in [6.07, 6.45) is 0. The van der Waals surface area contributed by atoms with Crippen molar-refractivity contribution in [1.82, 2.24) is 4.98 Å². The first-order valence-electron chi connectivity index (χ1n) is 5.20. The first-order valence-corrected chi connectivity index (χ1v) is 6.08. The maximum Gasteiger partial charge on any atom is 0.126 e. The molecule has 1 unspecified atom stereocenters. The smallest absolute Gasteiger partial charge is 0.126 e. The summed E-state index contributed by atoms with van der Waals surface area (Å²) in [5, 5.41) is 11.5. The highest BCUT2D eigenvalue weighted by atomic mass is 32.1. The van der Waals surface area contributed by atoms with E-state index < -0.39 is 6.04 Å². The van der Waals surface area contributed by atoms with E-state index in [0.717, 1.165) is 10.6 Å². The molecule has 0 aliphatic heterocycles. The Balaban J connectivity index is 2.33.